The predicted octanol–water partition coefficient (Wildman–Crippen LogP) is 2.25. The number of rotatable bonds is 0. The molecule has 0 aromatic carbocycles. The van der Waals surface area contributed by atoms with Crippen LogP contribution in [0.3, 0.4) is 0 Å². The van der Waals surface area contributed by atoms with E-state index in [4.69, 9.17) is 4.98 Å². The second kappa shape index (κ2) is 3.04. The normalized spacial score (nSPS) is 15.8. The van der Waals surface area contributed by atoms with Gasteiger partial charge in [-0.15, -0.1) is 11.3 Å². The Labute approximate surface area is 87.0 Å². The molecule has 3 heteroatoms. The number of nitrogens with one attached hydrogen (secondary N) is 1. The zero-order valence-electron chi connectivity index (χ0n) is 8.13. The summed E-state index contributed by atoms with van der Waals surface area (Å²) >= 11 is 1.80. The maximum Gasteiger partial charge on any atom is 0.0815 e. The molecule has 2 nitrogen and oxygen atoms in total. The van der Waals surface area contributed by atoms with Crippen LogP contribution in [0.5, 0.6) is 0 Å². The molecule has 2 aromatic heterocycles. The number of aryl methyl sites for hydroxylation is 1. The van der Waals surface area contributed by atoms with Crippen LogP contribution in [0.2, 0.25) is 0 Å². The Morgan fingerprint density at radius 1 is 1.50 bits per heavy atom. The monoisotopic (exact) mass is 204 g/mol. The molecule has 0 saturated carbocycles. The van der Waals surface area contributed by atoms with Crippen molar-refractivity contribution in [2.24, 2.45) is 0 Å². The third-order valence-corrected chi connectivity index (χ3v) is 3.91. The molecule has 0 radical (unpaired) electrons. The summed E-state index contributed by atoms with van der Waals surface area (Å²) in [6.45, 7) is 4.27. The number of pyridine rings is 1. The molecule has 0 saturated heterocycles. The van der Waals surface area contributed by atoms with E-state index < -0.39 is 0 Å². The average molecular weight is 204 g/mol. The lowest BCUT2D eigenvalue weighted by Crippen LogP contribution is -2.25. The van der Waals surface area contributed by atoms with Gasteiger partial charge in [0.15, 0.2) is 0 Å². The van der Waals surface area contributed by atoms with Crippen molar-refractivity contribution in [1.29, 1.82) is 0 Å². The van der Waals surface area contributed by atoms with Crippen LogP contribution in [0.15, 0.2) is 11.4 Å². The summed E-state index contributed by atoms with van der Waals surface area (Å²) in [6.07, 6.45) is 1.07. The standard InChI is InChI=1S/C11H12N2S/c1-7-8-6-12-4-2-9(8)13-10-3-5-14-11(7)10/h3,5,12H,2,4,6H2,1H3. The van der Waals surface area contributed by atoms with Gasteiger partial charge in [0.1, 0.15) is 0 Å². The first-order valence-electron chi connectivity index (χ1n) is 4.92. The molecule has 0 spiro atoms. The quantitative estimate of drug-likeness (QED) is 0.712. The molecule has 0 aliphatic carbocycles. The molecule has 1 aliphatic heterocycles. The Morgan fingerprint density at radius 2 is 2.43 bits per heavy atom. The molecular weight excluding hydrogens is 192 g/mol. The van der Waals surface area contributed by atoms with Crippen LogP contribution < -0.4 is 5.32 Å². The van der Waals surface area contributed by atoms with E-state index in [-0.39, 0.29) is 0 Å². The first-order valence-corrected chi connectivity index (χ1v) is 5.80. The lowest BCUT2D eigenvalue weighted by Gasteiger charge is -2.18. The fraction of sp³-hybridized carbons (Fsp3) is 0.364. The number of nitrogens with zero attached hydrogens (tertiary/aromatic N) is 1. The second-order valence-electron chi connectivity index (χ2n) is 3.72. The lowest BCUT2D eigenvalue weighted by atomic mass is 10.0. The Morgan fingerprint density at radius 3 is 3.36 bits per heavy atom. The van der Waals surface area contributed by atoms with Crippen LogP contribution in [0.25, 0.3) is 10.2 Å². The van der Waals surface area contributed by atoms with Gasteiger partial charge in [-0.1, -0.05) is 0 Å². The van der Waals surface area contributed by atoms with E-state index in [0.29, 0.717) is 0 Å². The molecule has 0 unspecified atom stereocenters. The van der Waals surface area contributed by atoms with E-state index in [9.17, 15) is 0 Å². The third kappa shape index (κ3) is 1.09. The number of thiophene rings is 1. The van der Waals surface area contributed by atoms with Gasteiger partial charge in [-0.3, -0.25) is 4.98 Å². The van der Waals surface area contributed by atoms with Crippen molar-refractivity contribution in [3.63, 3.8) is 0 Å². The first-order chi connectivity index (χ1) is 6.86. The van der Waals surface area contributed by atoms with E-state index in [0.717, 1.165) is 19.5 Å². The van der Waals surface area contributed by atoms with Gasteiger partial charge in [0.05, 0.1) is 10.2 Å². The highest BCUT2D eigenvalue weighted by Gasteiger charge is 2.15. The Kier molecular flexibility index (Phi) is 1.82. The van der Waals surface area contributed by atoms with Crippen molar-refractivity contribution in [2.75, 3.05) is 6.54 Å². The SMILES string of the molecule is Cc1c2c(nc3ccsc13)CCNC2. The zero-order chi connectivity index (χ0) is 9.54. The Bertz CT molecular complexity index is 487. The Hall–Kier alpha value is -0.930. The molecule has 1 aliphatic rings. The average Bonchev–Trinajstić information content (AvgIpc) is 2.66. The zero-order valence-corrected chi connectivity index (χ0v) is 8.95. The van der Waals surface area contributed by atoms with Gasteiger partial charge in [0.25, 0.3) is 0 Å². The molecule has 14 heavy (non-hydrogen) atoms. The highest BCUT2D eigenvalue weighted by atomic mass is 32.1. The van der Waals surface area contributed by atoms with Crippen LogP contribution in [0.4, 0.5) is 0 Å². The van der Waals surface area contributed by atoms with Gasteiger partial charge in [0, 0.05) is 25.2 Å². The van der Waals surface area contributed by atoms with Gasteiger partial charge >= 0.3 is 0 Å². The van der Waals surface area contributed by atoms with Crippen molar-refractivity contribution in [3.05, 3.63) is 28.3 Å². The minimum Gasteiger partial charge on any atom is -0.312 e. The first kappa shape index (κ1) is 8.38. The Balaban J connectivity index is 2.36. The third-order valence-electron chi connectivity index (χ3n) is 2.88. The second-order valence-corrected chi connectivity index (χ2v) is 4.64. The molecule has 0 amide bonds. The van der Waals surface area contributed by atoms with E-state index in [2.05, 4.69) is 23.7 Å². The maximum absolute atomic E-state index is 4.71. The van der Waals surface area contributed by atoms with Gasteiger partial charge in [-0.2, -0.15) is 0 Å². The molecule has 1 N–H and O–H groups in total. The minimum absolute atomic E-state index is 0.988. The van der Waals surface area contributed by atoms with Gasteiger partial charge in [-0.05, 0) is 29.5 Å². The topological polar surface area (TPSA) is 24.9 Å². The molecule has 3 heterocycles. The summed E-state index contributed by atoms with van der Waals surface area (Å²) in [5.74, 6) is 0. The predicted molar refractivity (Wildman–Crippen MR) is 59.8 cm³/mol. The van der Waals surface area contributed by atoms with Crippen molar-refractivity contribution in [2.45, 2.75) is 19.9 Å². The fourth-order valence-corrected chi connectivity index (χ4v) is 2.97. The lowest BCUT2D eigenvalue weighted by molar-refractivity contribution is 0.630. The van der Waals surface area contributed by atoms with Crippen LogP contribution in [-0.4, -0.2) is 11.5 Å². The molecule has 3 rings (SSSR count). The van der Waals surface area contributed by atoms with Crippen LogP contribution in [0.1, 0.15) is 16.8 Å². The number of hydrogen-bond acceptors (Lipinski definition) is 3. The van der Waals surface area contributed by atoms with Crippen LogP contribution >= 0.6 is 11.3 Å². The van der Waals surface area contributed by atoms with Crippen molar-refractivity contribution in [1.82, 2.24) is 10.3 Å². The number of fused-ring (bicyclic) bond motifs is 2. The van der Waals surface area contributed by atoms with Crippen molar-refractivity contribution < 1.29 is 0 Å². The largest absolute Gasteiger partial charge is 0.312 e. The van der Waals surface area contributed by atoms with E-state index in [1.54, 1.807) is 11.3 Å². The summed E-state index contributed by atoms with van der Waals surface area (Å²) in [7, 11) is 0. The summed E-state index contributed by atoms with van der Waals surface area (Å²) in [6, 6.07) is 2.12. The maximum atomic E-state index is 4.71. The van der Waals surface area contributed by atoms with Gasteiger partial charge in [-0.25, -0.2) is 0 Å². The highest BCUT2D eigenvalue weighted by molar-refractivity contribution is 7.17. The van der Waals surface area contributed by atoms with E-state index >= 15 is 0 Å². The van der Waals surface area contributed by atoms with E-state index in [1.807, 2.05) is 0 Å². The molecule has 0 bridgehead atoms. The summed E-state index contributed by atoms with van der Waals surface area (Å²) in [4.78, 5) is 4.71. The van der Waals surface area contributed by atoms with Gasteiger partial charge < -0.3 is 5.32 Å². The smallest absolute Gasteiger partial charge is 0.0815 e. The highest BCUT2D eigenvalue weighted by Crippen LogP contribution is 2.28. The van der Waals surface area contributed by atoms with E-state index in [1.165, 1.54) is 27.0 Å². The molecular formula is C11H12N2S. The summed E-state index contributed by atoms with van der Waals surface area (Å²) < 4.78 is 1.35. The molecule has 2 aromatic rings. The molecule has 72 valence electrons. The number of aromatic nitrogens is 1. The van der Waals surface area contributed by atoms with Gasteiger partial charge in [0.2, 0.25) is 0 Å². The van der Waals surface area contributed by atoms with Crippen molar-refractivity contribution in [3.8, 4) is 0 Å². The summed E-state index contributed by atoms with van der Waals surface area (Å²) in [5.41, 5.74) is 5.32. The number of hydrogen-bond donors (Lipinski definition) is 1. The minimum atomic E-state index is 0.988. The van der Waals surface area contributed by atoms with Crippen LogP contribution in [0, 0.1) is 6.92 Å². The molecule has 0 atom stereocenters. The van der Waals surface area contributed by atoms with Crippen molar-refractivity contribution >= 4 is 21.6 Å². The fourth-order valence-electron chi connectivity index (χ4n) is 2.10. The molecule has 0 fully saturated rings. The van der Waals surface area contributed by atoms with Crippen LogP contribution in [-0.2, 0) is 13.0 Å². The summed E-state index contributed by atoms with van der Waals surface area (Å²) in [5, 5.41) is 5.53.